The summed E-state index contributed by atoms with van der Waals surface area (Å²) in [6.45, 7) is 2.07. The van der Waals surface area contributed by atoms with Crippen molar-refractivity contribution in [2.24, 2.45) is 0 Å². The number of likely N-dealkylation sites (N-methyl/N-ethyl adjacent to an activating group) is 1. The Balaban J connectivity index is 2.19. The Morgan fingerprint density at radius 2 is 1.85 bits per heavy atom. The molecule has 0 radical (unpaired) electrons. The number of hydrogen-bond donors (Lipinski definition) is 1. The minimum absolute atomic E-state index is 0.279. The van der Waals surface area contributed by atoms with Gasteiger partial charge < -0.3 is 10.1 Å². The maximum atomic E-state index is 5.92. The summed E-state index contributed by atoms with van der Waals surface area (Å²) in [6.07, 6.45) is 0.930. The highest BCUT2D eigenvalue weighted by Gasteiger charge is 2.11. The minimum atomic E-state index is 0.279. The number of methoxy groups -OCH3 is 1. The molecule has 1 N–H and O–H groups in total. The molecular formula is C17H20ClNO. The summed E-state index contributed by atoms with van der Waals surface area (Å²) < 4.78 is 5.31. The molecule has 0 amide bonds. The van der Waals surface area contributed by atoms with Crippen molar-refractivity contribution in [1.29, 1.82) is 0 Å². The van der Waals surface area contributed by atoms with E-state index in [1.165, 1.54) is 11.1 Å². The van der Waals surface area contributed by atoms with Crippen molar-refractivity contribution in [1.82, 2.24) is 5.32 Å². The summed E-state index contributed by atoms with van der Waals surface area (Å²) in [4.78, 5) is 0. The van der Waals surface area contributed by atoms with Crippen molar-refractivity contribution < 1.29 is 4.74 Å². The third-order valence-corrected chi connectivity index (χ3v) is 3.77. The average Bonchev–Trinajstić information content (AvgIpc) is 2.46. The first kappa shape index (κ1) is 14.9. The van der Waals surface area contributed by atoms with Gasteiger partial charge in [-0.25, -0.2) is 0 Å². The maximum absolute atomic E-state index is 5.92. The van der Waals surface area contributed by atoms with E-state index < -0.39 is 0 Å². The van der Waals surface area contributed by atoms with Crippen LogP contribution in [0.25, 0.3) is 0 Å². The number of nitrogens with one attached hydrogen (secondary N) is 1. The highest BCUT2D eigenvalue weighted by molar-refractivity contribution is 6.30. The number of halogens is 1. The van der Waals surface area contributed by atoms with Gasteiger partial charge in [0.1, 0.15) is 5.75 Å². The monoisotopic (exact) mass is 289 g/mol. The first-order chi connectivity index (χ1) is 9.63. The molecule has 0 saturated heterocycles. The fourth-order valence-electron chi connectivity index (χ4n) is 2.36. The third-order valence-electron chi connectivity index (χ3n) is 3.52. The Morgan fingerprint density at radius 3 is 2.40 bits per heavy atom. The van der Waals surface area contributed by atoms with Gasteiger partial charge in [-0.2, -0.15) is 0 Å². The molecule has 3 heteroatoms. The Morgan fingerprint density at radius 1 is 1.15 bits per heavy atom. The molecule has 2 aromatic rings. The normalized spacial score (nSPS) is 12.2. The van der Waals surface area contributed by atoms with Gasteiger partial charge in [-0.15, -0.1) is 0 Å². The third kappa shape index (κ3) is 3.53. The summed E-state index contributed by atoms with van der Waals surface area (Å²) in [6, 6.07) is 14.6. The Kier molecular flexibility index (Phi) is 5.05. The fourth-order valence-corrected chi connectivity index (χ4v) is 2.49. The number of aryl methyl sites for hydroxylation is 1. The molecule has 0 saturated carbocycles. The van der Waals surface area contributed by atoms with Gasteiger partial charge in [0.05, 0.1) is 7.11 Å². The number of benzene rings is 2. The van der Waals surface area contributed by atoms with Gasteiger partial charge in [-0.1, -0.05) is 35.9 Å². The molecule has 1 unspecified atom stereocenters. The highest BCUT2D eigenvalue weighted by Crippen LogP contribution is 2.25. The molecule has 2 aromatic carbocycles. The van der Waals surface area contributed by atoms with E-state index in [1.807, 2.05) is 25.2 Å². The zero-order valence-corrected chi connectivity index (χ0v) is 12.9. The smallest absolute Gasteiger partial charge is 0.121 e. The Hall–Kier alpha value is -1.51. The molecule has 0 aliphatic carbocycles. The van der Waals surface area contributed by atoms with E-state index in [0.29, 0.717) is 0 Å². The topological polar surface area (TPSA) is 21.3 Å². The van der Waals surface area contributed by atoms with Crippen LogP contribution in [0.3, 0.4) is 0 Å². The van der Waals surface area contributed by atoms with Crippen molar-refractivity contribution in [2.45, 2.75) is 19.4 Å². The quantitative estimate of drug-likeness (QED) is 0.892. The largest absolute Gasteiger partial charge is 0.496 e. The van der Waals surface area contributed by atoms with Gasteiger partial charge in [0.2, 0.25) is 0 Å². The van der Waals surface area contributed by atoms with Crippen molar-refractivity contribution in [3.8, 4) is 5.75 Å². The molecule has 0 spiro atoms. The van der Waals surface area contributed by atoms with E-state index in [9.17, 15) is 0 Å². The van der Waals surface area contributed by atoms with Gasteiger partial charge in [-0.05, 0) is 55.3 Å². The highest BCUT2D eigenvalue weighted by atomic mass is 35.5. The minimum Gasteiger partial charge on any atom is -0.496 e. The van der Waals surface area contributed by atoms with Gasteiger partial charge in [-0.3, -0.25) is 0 Å². The van der Waals surface area contributed by atoms with Crippen molar-refractivity contribution in [3.63, 3.8) is 0 Å². The number of hydrogen-bond acceptors (Lipinski definition) is 2. The van der Waals surface area contributed by atoms with Crippen molar-refractivity contribution >= 4 is 11.6 Å². The van der Waals surface area contributed by atoms with E-state index in [1.54, 1.807) is 7.11 Å². The number of rotatable bonds is 5. The van der Waals surface area contributed by atoms with Crippen molar-refractivity contribution in [2.75, 3.05) is 14.2 Å². The fraction of sp³-hybridized carbons (Fsp3) is 0.294. The zero-order chi connectivity index (χ0) is 14.5. The van der Waals surface area contributed by atoms with Gasteiger partial charge in [0.15, 0.2) is 0 Å². The molecule has 106 valence electrons. The Labute approximate surface area is 125 Å². The van der Waals surface area contributed by atoms with E-state index in [2.05, 4.69) is 36.5 Å². The number of ether oxygens (including phenoxy) is 1. The summed E-state index contributed by atoms with van der Waals surface area (Å²) in [5.41, 5.74) is 3.68. The molecule has 0 bridgehead atoms. The standard InChI is InChI=1S/C17H20ClNO/c1-12-10-14(6-9-17(12)20-3)16(19-2)11-13-4-7-15(18)8-5-13/h4-10,16,19H,11H2,1-3H3. The van der Waals surface area contributed by atoms with Crippen LogP contribution in [0.15, 0.2) is 42.5 Å². The SMILES string of the molecule is CNC(Cc1ccc(Cl)cc1)c1ccc(OC)c(C)c1. The lowest BCUT2D eigenvalue weighted by Gasteiger charge is -2.18. The van der Waals surface area contributed by atoms with Crippen LogP contribution < -0.4 is 10.1 Å². The second-order valence-corrected chi connectivity index (χ2v) is 5.34. The molecule has 0 aromatic heterocycles. The zero-order valence-electron chi connectivity index (χ0n) is 12.1. The van der Waals surface area contributed by atoms with Crippen LogP contribution in [0.2, 0.25) is 5.02 Å². The van der Waals surface area contributed by atoms with E-state index >= 15 is 0 Å². The molecule has 0 aliphatic rings. The van der Waals surface area contributed by atoms with E-state index in [-0.39, 0.29) is 6.04 Å². The second kappa shape index (κ2) is 6.78. The lowest BCUT2D eigenvalue weighted by Crippen LogP contribution is -2.19. The van der Waals surface area contributed by atoms with Crippen LogP contribution in [0.1, 0.15) is 22.7 Å². The predicted molar refractivity (Wildman–Crippen MR) is 84.7 cm³/mol. The first-order valence-electron chi connectivity index (χ1n) is 6.70. The summed E-state index contributed by atoms with van der Waals surface area (Å²) >= 11 is 5.92. The molecule has 2 nitrogen and oxygen atoms in total. The summed E-state index contributed by atoms with van der Waals surface area (Å²) in [5, 5.41) is 4.15. The van der Waals surface area contributed by atoms with E-state index in [0.717, 1.165) is 22.8 Å². The lowest BCUT2D eigenvalue weighted by atomic mass is 9.97. The van der Waals surface area contributed by atoms with Crippen LogP contribution in [-0.2, 0) is 6.42 Å². The summed E-state index contributed by atoms with van der Waals surface area (Å²) in [5.74, 6) is 0.926. The van der Waals surface area contributed by atoms with Gasteiger partial charge >= 0.3 is 0 Å². The van der Waals surface area contributed by atoms with E-state index in [4.69, 9.17) is 16.3 Å². The Bertz CT molecular complexity index is 566. The van der Waals surface area contributed by atoms with Crippen LogP contribution in [-0.4, -0.2) is 14.2 Å². The van der Waals surface area contributed by atoms with Crippen molar-refractivity contribution in [3.05, 3.63) is 64.2 Å². The van der Waals surface area contributed by atoms with Gasteiger partial charge in [0.25, 0.3) is 0 Å². The predicted octanol–water partition coefficient (Wildman–Crippen LogP) is 4.16. The molecular weight excluding hydrogens is 270 g/mol. The lowest BCUT2D eigenvalue weighted by molar-refractivity contribution is 0.411. The van der Waals surface area contributed by atoms with Crippen LogP contribution in [0, 0.1) is 6.92 Å². The average molecular weight is 290 g/mol. The molecule has 0 fully saturated rings. The molecule has 1 atom stereocenters. The second-order valence-electron chi connectivity index (χ2n) is 4.90. The molecule has 0 aliphatic heterocycles. The van der Waals surface area contributed by atoms with Crippen LogP contribution in [0.5, 0.6) is 5.75 Å². The maximum Gasteiger partial charge on any atom is 0.121 e. The molecule has 20 heavy (non-hydrogen) atoms. The summed E-state index contributed by atoms with van der Waals surface area (Å²) in [7, 11) is 3.69. The molecule has 0 heterocycles. The molecule has 2 rings (SSSR count). The van der Waals surface area contributed by atoms with Crippen LogP contribution >= 0.6 is 11.6 Å². The van der Waals surface area contributed by atoms with Gasteiger partial charge in [0, 0.05) is 11.1 Å². The first-order valence-corrected chi connectivity index (χ1v) is 7.08. The van der Waals surface area contributed by atoms with Crippen LogP contribution in [0.4, 0.5) is 0 Å².